The van der Waals surface area contributed by atoms with Crippen LogP contribution in [0.2, 0.25) is 0 Å². The number of anilines is 1. The molecule has 1 N–H and O–H groups in total. The molecule has 0 spiro atoms. The van der Waals surface area contributed by atoms with Gasteiger partial charge in [-0.2, -0.15) is 0 Å². The molecule has 4 aromatic rings. The molecule has 0 saturated carbocycles. The number of amides is 1. The molecule has 1 aromatic carbocycles. The molecular weight excluding hydrogens is 396 g/mol. The Labute approximate surface area is 178 Å². The van der Waals surface area contributed by atoms with Crippen LogP contribution < -0.4 is 10.1 Å². The Balaban J connectivity index is 1.54. The lowest BCUT2D eigenvalue weighted by Crippen LogP contribution is -2.11. The van der Waals surface area contributed by atoms with E-state index < -0.39 is 0 Å². The molecule has 3 aromatic heterocycles. The molecular formula is C23H20N4O2S. The zero-order valence-electron chi connectivity index (χ0n) is 16.8. The Bertz CT molecular complexity index is 1160. The molecule has 0 radical (unpaired) electrons. The molecule has 0 unspecified atom stereocenters. The highest BCUT2D eigenvalue weighted by molar-refractivity contribution is 7.14. The number of carbonyl (C=O) groups excluding carboxylic acids is 1. The number of nitrogens with one attached hydrogen (secondary N) is 1. The van der Waals surface area contributed by atoms with Crippen molar-refractivity contribution in [2.24, 2.45) is 0 Å². The summed E-state index contributed by atoms with van der Waals surface area (Å²) >= 11 is 1.39. The average Bonchev–Trinajstić information content (AvgIpc) is 3.18. The molecule has 0 aliphatic heterocycles. The van der Waals surface area contributed by atoms with Gasteiger partial charge >= 0.3 is 0 Å². The number of carbonyl (C=O) groups is 1. The first-order valence-electron chi connectivity index (χ1n) is 9.38. The van der Waals surface area contributed by atoms with Crippen LogP contribution in [0, 0.1) is 20.8 Å². The summed E-state index contributed by atoms with van der Waals surface area (Å²) in [4.78, 5) is 25.1. The van der Waals surface area contributed by atoms with Crippen molar-refractivity contribution in [3.8, 4) is 22.8 Å². The quantitative estimate of drug-likeness (QED) is 0.460. The van der Waals surface area contributed by atoms with E-state index in [-0.39, 0.29) is 5.91 Å². The van der Waals surface area contributed by atoms with Crippen molar-refractivity contribution in [3.63, 3.8) is 0 Å². The van der Waals surface area contributed by atoms with Crippen LogP contribution in [0.5, 0.6) is 11.5 Å². The van der Waals surface area contributed by atoms with E-state index in [2.05, 4.69) is 20.3 Å². The Hall–Kier alpha value is -3.58. The summed E-state index contributed by atoms with van der Waals surface area (Å²) in [5, 5.41) is 5.34. The highest BCUT2D eigenvalue weighted by Gasteiger charge is 2.14. The van der Waals surface area contributed by atoms with Crippen molar-refractivity contribution in [3.05, 3.63) is 82.8 Å². The van der Waals surface area contributed by atoms with Gasteiger partial charge in [-0.3, -0.25) is 20.1 Å². The molecule has 0 aliphatic carbocycles. The maximum absolute atomic E-state index is 12.3. The lowest BCUT2D eigenvalue weighted by atomic mass is 10.0. The van der Waals surface area contributed by atoms with Crippen LogP contribution in [0.3, 0.4) is 0 Å². The van der Waals surface area contributed by atoms with Crippen LogP contribution in [-0.2, 0) is 0 Å². The second kappa shape index (κ2) is 8.42. The topological polar surface area (TPSA) is 77.0 Å². The summed E-state index contributed by atoms with van der Waals surface area (Å²) in [5.41, 5.74) is 5.43. The fraction of sp³-hybridized carbons (Fsp3) is 0.130. The molecule has 30 heavy (non-hydrogen) atoms. The highest BCUT2D eigenvalue weighted by Crippen LogP contribution is 2.34. The van der Waals surface area contributed by atoms with E-state index in [1.54, 1.807) is 30.7 Å². The van der Waals surface area contributed by atoms with E-state index in [0.29, 0.717) is 16.4 Å². The van der Waals surface area contributed by atoms with E-state index in [9.17, 15) is 4.79 Å². The standard InChI is InChI=1S/C23H20N4O2S/c1-14-10-19(29-18-5-4-16(3)25-12-18)11-15(2)21(14)20-13-30-23(26-20)27-22(28)17-6-8-24-9-7-17/h4-13H,1-3H3,(H,26,27,28). The minimum absolute atomic E-state index is 0.206. The first-order chi connectivity index (χ1) is 14.5. The fourth-order valence-electron chi connectivity index (χ4n) is 3.16. The molecule has 1 amide bonds. The van der Waals surface area contributed by atoms with Crippen LogP contribution >= 0.6 is 11.3 Å². The van der Waals surface area contributed by atoms with Crippen molar-refractivity contribution in [2.75, 3.05) is 5.32 Å². The van der Waals surface area contributed by atoms with Crippen molar-refractivity contribution in [2.45, 2.75) is 20.8 Å². The predicted molar refractivity (Wildman–Crippen MR) is 118 cm³/mol. The smallest absolute Gasteiger partial charge is 0.257 e. The molecule has 0 aliphatic rings. The van der Waals surface area contributed by atoms with E-state index in [1.165, 1.54) is 11.3 Å². The molecule has 4 rings (SSSR count). The summed E-state index contributed by atoms with van der Waals surface area (Å²) in [7, 11) is 0. The van der Waals surface area contributed by atoms with Gasteiger partial charge in [-0.25, -0.2) is 4.98 Å². The number of rotatable bonds is 5. The monoisotopic (exact) mass is 416 g/mol. The second-order valence-electron chi connectivity index (χ2n) is 6.90. The highest BCUT2D eigenvalue weighted by atomic mass is 32.1. The van der Waals surface area contributed by atoms with Crippen LogP contribution in [-0.4, -0.2) is 20.9 Å². The number of hydrogen-bond donors (Lipinski definition) is 1. The largest absolute Gasteiger partial charge is 0.456 e. The Morgan fingerprint density at radius 1 is 1.00 bits per heavy atom. The number of thiazole rings is 1. The molecule has 0 fully saturated rings. The minimum Gasteiger partial charge on any atom is -0.456 e. The van der Waals surface area contributed by atoms with Crippen molar-refractivity contribution >= 4 is 22.4 Å². The van der Waals surface area contributed by atoms with Gasteiger partial charge in [-0.15, -0.1) is 11.3 Å². The molecule has 150 valence electrons. The number of aromatic nitrogens is 3. The number of aryl methyl sites for hydroxylation is 3. The maximum atomic E-state index is 12.3. The normalized spacial score (nSPS) is 10.6. The van der Waals surface area contributed by atoms with Gasteiger partial charge in [-0.1, -0.05) is 0 Å². The zero-order valence-corrected chi connectivity index (χ0v) is 17.7. The third kappa shape index (κ3) is 4.36. The number of pyridine rings is 2. The molecule has 0 bridgehead atoms. The Kier molecular flexibility index (Phi) is 5.54. The van der Waals surface area contributed by atoms with Gasteiger partial charge in [0.1, 0.15) is 11.5 Å². The summed E-state index contributed by atoms with van der Waals surface area (Å²) in [5.74, 6) is 1.24. The van der Waals surface area contributed by atoms with Gasteiger partial charge in [0.15, 0.2) is 5.13 Å². The molecule has 0 atom stereocenters. The molecule has 6 nitrogen and oxygen atoms in total. The predicted octanol–water partition coefficient (Wildman–Crippen LogP) is 5.57. The molecule has 3 heterocycles. The summed E-state index contributed by atoms with van der Waals surface area (Å²) in [6.07, 6.45) is 4.89. The third-order valence-corrected chi connectivity index (χ3v) is 5.31. The average molecular weight is 417 g/mol. The van der Waals surface area contributed by atoms with Crippen LogP contribution in [0.4, 0.5) is 5.13 Å². The van der Waals surface area contributed by atoms with Crippen molar-refractivity contribution in [1.29, 1.82) is 0 Å². The second-order valence-corrected chi connectivity index (χ2v) is 7.76. The lowest BCUT2D eigenvalue weighted by Gasteiger charge is -2.12. The van der Waals surface area contributed by atoms with Gasteiger partial charge in [0.25, 0.3) is 5.91 Å². The van der Waals surface area contributed by atoms with Crippen molar-refractivity contribution in [1.82, 2.24) is 15.0 Å². The van der Waals surface area contributed by atoms with Crippen LogP contribution in [0.15, 0.2) is 60.4 Å². The number of ether oxygens (including phenoxy) is 1. The van der Waals surface area contributed by atoms with Gasteiger partial charge in [0, 0.05) is 34.6 Å². The maximum Gasteiger partial charge on any atom is 0.257 e. The lowest BCUT2D eigenvalue weighted by molar-refractivity contribution is 0.102. The van der Waals surface area contributed by atoms with E-state index in [0.717, 1.165) is 33.8 Å². The number of nitrogens with zero attached hydrogens (tertiary/aromatic N) is 3. The third-order valence-electron chi connectivity index (χ3n) is 4.55. The van der Waals surface area contributed by atoms with E-state index in [4.69, 9.17) is 4.74 Å². The van der Waals surface area contributed by atoms with E-state index >= 15 is 0 Å². The first-order valence-corrected chi connectivity index (χ1v) is 10.3. The first kappa shape index (κ1) is 19.7. The zero-order chi connectivity index (χ0) is 21.1. The minimum atomic E-state index is -0.206. The molecule has 7 heteroatoms. The van der Waals surface area contributed by atoms with Gasteiger partial charge in [0.2, 0.25) is 0 Å². The Morgan fingerprint density at radius 3 is 2.40 bits per heavy atom. The van der Waals surface area contributed by atoms with E-state index in [1.807, 2.05) is 50.4 Å². The Morgan fingerprint density at radius 2 is 1.73 bits per heavy atom. The van der Waals surface area contributed by atoms with Crippen molar-refractivity contribution < 1.29 is 9.53 Å². The van der Waals surface area contributed by atoms with Crippen LogP contribution in [0.25, 0.3) is 11.3 Å². The number of hydrogen-bond acceptors (Lipinski definition) is 6. The molecule has 0 saturated heterocycles. The summed E-state index contributed by atoms with van der Waals surface area (Å²) < 4.78 is 5.95. The SMILES string of the molecule is Cc1ccc(Oc2cc(C)c(-c3csc(NC(=O)c4ccncc4)n3)c(C)c2)cn1. The summed E-state index contributed by atoms with van der Waals surface area (Å²) in [6.45, 7) is 5.99. The summed E-state index contributed by atoms with van der Waals surface area (Å²) in [6, 6.07) is 11.1. The fourth-order valence-corrected chi connectivity index (χ4v) is 3.85. The van der Waals surface area contributed by atoms with Crippen LogP contribution in [0.1, 0.15) is 27.2 Å². The van der Waals surface area contributed by atoms with Gasteiger partial charge < -0.3 is 4.74 Å². The number of benzene rings is 1. The van der Waals surface area contributed by atoms with Gasteiger partial charge in [0.05, 0.1) is 11.9 Å². The van der Waals surface area contributed by atoms with Gasteiger partial charge in [-0.05, 0) is 68.3 Å².